The fourth-order valence-electron chi connectivity index (χ4n) is 2.35. The SMILES string of the molecule is CCC1=CC(NS(C)(=O)=O)C(=O)C(C)=C1Oc1ccc(F)cc1F. The molecular weight excluding hydrogens is 340 g/mol. The molecule has 0 fully saturated rings. The van der Waals surface area contributed by atoms with Gasteiger partial charge in [0.2, 0.25) is 10.0 Å². The van der Waals surface area contributed by atoms with Crippen molar-refractivity contribution in [3.63, 3.8) is 0 Å². The van der Waals surface area contributed by atoms with E-state index in [0.29, 0.717) is 18.1 Å². The third-order valence-corrected chi connectivity index (χ3v) is 4.16. The summed E-state index contributed by atoms with van der Waals surface area (Å²) in [5, 5.41) is 0. The molecule has 1 atom stereocenters. The first kappa shape index (κ1) is 18.3. The monoisotopic (exact) mass is 357 g/mol. The lowest BCUT2D eigenvalue weighted by Crippen LogP contribution is -2.41. The maximum atomic E-state index is 13.8. The van der Waals surface area contributed by atoms with Gasteiger partial charge in [-0.05, 0) is 31.1 Å². The number of carbonyl (C=O) groups is 1. The maximum absolute atomic E-state index is 13.8. The molecule has 1 N–H and O–H groups in total. The van der Waals surface area contributed by atoms with Gasteiger partial charge in [0.15, 0.2) is 17.3 Å². The van der Waals surface area contributed by atoms with Crippen molar-refractivity contribution >= 4 is 15.8 Å². The Morgan fingerprint density at radius 1 is 1.29 bits per heavy atom. The van der Waals surface area contributed by atoms with Crippen LogP contribution >= 0.6 is 0 Å². The number of benzene rings is 1. The van der Waals surface area contributed by atoms with Crippen LogP contribution in [-0.2, 0) is 14.8 Å². The zero-order valence-corrected chi connectivity index (χ0v) is 14.2. The molecule has 0 aromatic heterocycles. The number of rotatable bonds is 5. The highest BCUT2D eigenvalue weighted by atomic mass is 32.2. The van der Waals surface area contributed by atoms with Crippen LogP contribution in [-0.4, -0.2) is 26.5 Å². The molecule has 0 aliphatic heterocycles. The highest BCUT2D eigenvalue weighted by Crippen LogP contribution is 2.30. The van der Waals surface area contributed by atoms with E-state index in [1.807, 2.05) is 0 Å². The largest absolute Gasteiger partial charge is 0.454 e. The quantitative estimate of drug-likeness (QED) is 0.879. The first-order valence-electron chi connectivity index (χ1n) is 7.18. The standard InChI is InChI=1S/C16H17F2NO4S/c1-4-10-7-13(19-24(3,21)22)15(20)9(2)16(10)23-14-6-5-11(17)8-12(14)18/h5-8,13,19H,4H2,1-3H3. The average Bonchev–Trinajstić information content (AvgIpc) is 2.47. The molecule has 0 spiro atoms. The van der Waals surface area contributed by atoms with Crippen LogP contribution in [0, 0.1) is 11.6 Å². The van der Waals surface area contributed by atoms with Crippen molar-refractivity contribution in [3.05, 3.63) is 52.8 Å². The van der Waals surface area contributed by atoms with Gasteiger partial charge in [-0.15, -0.1) is 0 Å². The first-order valence-corrected chi connectivity index (χ1v) is 9.08. The topological polar surface area (TPSA) is 72.5 Å². The molecule has 0 bridgehead atoms. The predicted molar refractivity (Wildman–Crippen MR) is 84.8 cm³/mol. The molecule has 8 heteroatoms. The molecule has 0 radical (unpaired) electrons. The molecule has 2 rings (SSSR count). The Bertz CT molecular complexity index is 844. The van der Waals surface area contributed by atoms with E-state index in [1.165, 1.54) is 13.0 Å². The van der Waals surface area contributed by atoms with Gasteiger partial charge in [0, 0.05) is 11.6 Å². The number of Topliss-reactive ketones (excluding diaryl/α,β-unsaturated/α-hetero) is 1. The molecule has 1 aromatic rings. The lowest BCUT2D eigenvalue weighted by Gasteiger charge is -2.24. The van der Waals surface area contributed by atoms with Gasteiger partial charge < -0.3 is 4.74 Å². The number of hydrogen-bond acceptors (Lipinski definition) is 4. The Balaban J connectivity index is 2.39. The van der Waals surface area contributed by atoms with E-state index >= 15 is 0 Å². The van der Waals surface area contributed by atoms with Crippen LogP contribution in [0.1, 0.15) is 20.3 Å². The van der Waals surface area contributed by atoms with E-state index in [-0.39, 0.29) is 17.1 Å². The summed E-state index contributed by atoms with van der Waals surface area (Å²) in [6.45, 7) is 3.26. The zero-order valence-electron chi connectivity index (χ0n) is 13.4. The minimum atomic E-state index is -3.58. The molecule has 0 saturated heterocycles. The number of halogens is 2. The fourth-order valence-corrected chi connectivity index (χ4v) is 2.98. The van der Waals surface area contributed by atoms with E-state index in [9.17, 15) is 22.0 Å². The number of ether oxygens (including phenoxy) is 1. The van der Waals surface area contributed by atoms with E-state index in [2.05, 4.69) is 4.72 Å². The zero-order chi connectivity index (χ0) is 18.1. The Morgan fingerprint density at radius 2 is 1.96 bits per heavy atom. The van der Waals surface area contributed by atoms with Crippen molar-refractivity contribution in [2.24, 2.45) is 0 Å². The second-order valence-electron chi connectivity index (χ2n) is 5.41. The van der Waals surface area contributed by atoms with Gasteiger partial charge in [-0.2, -0.15) is 0 Å². The van der Waals surface area contributed by atoms with Crippen LogP contribution in [0.15, 0.2) is 41.2 Å². The molecular formula is C16H17F2NO4S. The minimum Gasteiger partial charge on any atom is -0.454 e. The van der Waals surface area contributed by atoms with Crippen molar-refractivity contribution in [1.29, 1.82) is 0 Å². The van der Waals surface area contributed by atoms with Crippen molar-refractivity contribution < 1.29 is 26.7 Å². The maximum Gasteiger partial charge on any atom is 0.209 e. The molecule has 130 valence electrons. The number of carbonyl (C=O) groups excluding carboxylic acids is 1. The minimum absolute atomic E-state index is 0.152. The summed E-state index contributed by atoms with van der Waals surface area (Å²) >= 11 is 0. The summed E-state index contributed by atoms with van der Waals surface area (Å²) in [7, 11) is -3.58. The van der Waals surface area contributed by atoms with Gasteiger partial charge in [-0.1, -0.05) is 13.0 Å². The molecule has 1 aromatic carbocycles. The normalized spacial score (nSPS) is 18.6. The van der Waals surface area contributed by atoms with Gasteiger partial charge in [-0.25, -0.2) is 21.9 Å². The number of hydrogen-bond donors (Lipinski definition) is 1. The second-order valence-corrected chi connectivity index (χ2v) is 7.19. The van der Waals surface area contributed by atoms with Crippen LogP contribution < -0.4 is 9.46 Å². The predicted octanol–water partition coefficient (Wildman–Crippen LogP) is 2.45. The van der Waals surface area contributed by atoms with Crippen molar-refractivity contribution in [2.75, 3.05) is 6.26 Å². The van der Waals surface area contributed by atoms with Gasteiger partial charge in [0.1, 0.15) is 17.6 Å². The van der Waals surface area contributed by atoms with Gasteiger partial charge in [-0.3, -0.25) is 4.79 Å². The Kier molecular flexibility index (Phi) is 5.19. The summed E-state index contributed by atoms with van der Waals surface area (Å²) in [6.07, 6.45) is 2.83. The highest BCUT2D eigenvalue weighted by molar-refractivity contribution is 7.88. The van der Waals surface area contributed by atoms with Crippen LogP contribution in [0.3, 0.4) is 0 Å². The van der Waals surface area contributed by atoms with Crippen LogP contribution in [0.5, 0.6) is 5.75 Å². The van der Waals surface area contributed by atoms with E-state index in [4.69, 9.17) is 4.74 Å². The third kappa shape index (κ3) is 4.07. The number of allylic oxidation sites excluding steroid dienone is 1. The van der Waals surface area contributed by atoms with Gasteiger partial charge in [0.25, 0.3) is 0 Å². The smallest absolute Gasteiger partial charge is 0.209 e. The highest BCUT2D eigenvalue weighted by Gasteiger charge is 2.30. The van der Waals surface area contributed by atoms with Crippen molar-refractivity contribution in [3.8, 4) is 5.75 Å². The Labute approximate surface area is 139 Å². The van der Waals surface area contributed by atoms with Crippen LogP contribution in [0.4, 0.5) is 8.78 Å². The average molecular weight is 357 g/mol. The lowest BCUT2D eigenvalue weighted by molar-refractivity contribution is -0.116. The lowest BCUT2D eigenvalue weighted by atomic mass is 9.92. The molecule has 5 nitrogen and oxygen atoms in total. The molecule has 1 aliphatic carbocycles. The Morgan fingerprint density at radius 3 is 2.50 bits per heavy atom. The van der Waals surface area contributed by atoms with Gasteiger partial charge in [0.05, 0.1) is 6.26 Å². The summed E-state index contributed by atoms with van der Waals surface area (Å²) in [6, 6.07) is 1.82. The summed E-state index contributed by atoms with van der Waals surface area (Å²) in [5.41, 5.74) is 0.719. The van der Waals surface area contributed by atoms with Gasteiger partial charge >= 0.3 is 0 Å². The molecule has 1 aliphatic rings. The molecule has 24 heavy (non-hydrogen) atoms. The van der Waals surface area contributed by atoms with E-state index < -0.39 is 33.5 Å². The van der Waals surface area contributed by atoms with E-state index in [1.54, 1.807) is 6.92 Å². The number of ketones is 1. The summed E-state index contributed by atoms with van der Waals surface area (Å²) in [5.74, 6) is -2.19. The first-order chi connectivity index (χ1) is 11.1. The van der Waals surface area contributed by atoms with Crippen LogP contribution in [0.2, 0.25) is 0 Å². The summed E-state index contributed by atoms with van der Waals surface area (Å²) < 4.78 is 57.2. The Hall–Kier alpha value is -2.06. The molecule has 1 unspecified atom stereocenters. The van der Waals surface area contributed by atoms with Crippen molar-refractivity contribution in [1.82, 2.24) is 4.72 Å². The van der Waals surface area contributed by atoms with Crippen LogP contribution in [0.25, 0.3) is 0 Å². The molecule has 0 amide bonds. The summed E-state index contributed by atoms with van der Waals surface area (Å²) in [4.78, 5) is 12.3. The third-order valence-electron chi connectivity index (χ3n) is 3.48. The second kappa shape index (κ2) is 6.82. The fraction of sp³-hybridized carbons (Fsp3) is 0.312. The molecule has 0 heterocycles. The van der Waals surface area contributed by atoms with E-state index in [0.717, 1.165) is 18.4 Å². The molecule has 0 saturated carbocycles. The number of nitrogens with one attached hydrogen (secondary N) is 1. The number of sulfonamides is 1. The van der Waals surface area contributed by atoms with Crippen molar-refractivity contribution in [2.45, 2.75) is 26.3 Å².